The fourth-order valence-corrected chi connectivity index (χ4v) is 3.68. The second kappa shape index (κ2) is 9.78. The number of nitrogens with two attached hydrogens (primary N) is 1. The van der Waals surface area contributed by atoms with E-state index >= 15 is 0 Å². The van der Waals surface area contributed by atoms with Crippen LogP contribution in [0.25, 0.3) is 0 Å². The van der Waals surface area contributed by atoms with E-state index in [2.05, 4.69) is 17.9 Å². The Kier molecular flexibility index (Phi) is 7.12. The minimum Gasteiger partial charge on any atom is -0.397 e. The van der Waals surface area contributed by atoms with Crippen molar-refractivity contribution in [2.75, 3.05) is 24.3 Å². The van der Waals surface area contributed by atoms with Crippen molar-refractivity contribution in [1.82, 2.24) is 0 Å². The number of nitrogens with one attached hydrogen (secondary N) is 1. The second-order valence-corrected chi connectivity index (χ2v) is 7.40. The van der Waals surface area contributed by atoms with E-state index in [-0.39, 0.29) is 41.6 Å². The van der Waals surface area contributed by atoms with Crippen LogP contribution in [0.4, 0.5) is 17.1 Å². The summed E-state index contributed by atoms with van der Waals surface area (Å²) in [4.78, 5) is 26.6. The maximum Gasteiger partial charge on any atom is 0.196 e. The summed E-state index contributed by atoms with van der Waals surface area (Å²) in [7, 11) is 0. The molecule has 0 saturated carbocycles. The highest BCUT2D eigenvalue weighted by Gasteiger charge is 2.34. The number of thiol groups is 1. The highest BCUT2D eigenvalue weighted by atomic mass is 32.1. The molecule has 7 heteroatoms. The zero-order valence-electron chi connectivity index (χ0n) is 17.1. The predicted octanol–water partition coefficient (Wildman–Crippen LogP) is 3.61. The van der Waals surface area contributed by atoms with Gasteiger partial charge in [0.05, 0.1) is 22.5 Å². The minimum absolute atomic E-state index is 0.0806. The molecule has 0 saturated heterocycles. The molecule has 0 radical (unpaired) electrons. The number of carbonyl (C=O) groups excluding carboxylic acids is 2. The monoisotopic (exact) mass is 436 g/mol. The molecule has 3 aromatic carbocycles. The molecule has 1 aliphatic carbocycles. The Morgan fingerprint density at radius 2 is 1.48 bits per heavy atom. The van der Waals surface area contributed by atoms with E-state index in [0.29, 0.717) is 28.1 Å². The molecule has 31 heavy (non-hydrogen) atoms. The van der Waals surface area contributed by atoms with Gasteiger partial charge in [0.15, 0.2) is 11.6 Å². The summed E-state index contributed by atoms with van der Waals surface area (Å²) in [6, 6.07) is 15.9. The highest BCUT2D eigenvalue weighted by Crippen LogP contribution is 2.39. The van der Waals surface area contributed by atoms with E-state index in [4.69, 9.17) is 15.9 Å². The molecule has 0 aliphatic heterocycles. The number of aliphatic hydroxyl groups is 2. The molecule has 6 nitrogen and oxygen atoms in total. The molecule has 5 N–H and O–H groups in total. The predicted molar refractivity (Wildman–Crippen MR) is 125 cm³/mol. The van der Waals surface area contributed by atoms with Crippen LogP contribution in [0.3, 0.4) is 0 Å². The number of benzene rings is 3. The van der Waals surface area contributed by atoms with E-state index in [1.54, 1.807) is 37.3 Å². The Morgan fingerprint density at radius 3 is 2.03 bits per heavy atom. The van der Waals surface area contributed by atoms with Gasteiger partial charge in [-0.25, -0.2) is 0 Å². The van der Waals surface area contributed by atoms with Crippen molar-refractivity contribution in [1.29, 1.82) is 0 Å². The molecule has 0 atom stereocenters. The van der Waals surface area contributed by atoms with Crippen molar-refractivity contribution >= 4 is 41.3 Å². The van der Waals surface area contributed by atoms with Crippen LogP contribution in [0.15, 0.2) is 59.5 Å². The maximum atomic E-state index is 13.2. The SMILES string of the molecule is CCO.Nc1c(S)cc(Nc2ccc(CCO)cc2)c2c1C(=O)c1ccccc1C2=O. The molecule has 0 bridgehead atoms. The quantitative estimate of drug-likeness (QED) is 0.247. The molecule has 0 spiro atoms. The molecule has 1 aliphatic rings. The van der Waals surface area contributed by atoms with Crippen LogP contribution in [0.5, 0.6) is 0 Å². The number of nitrogen functional groups attached to an aromatic ring is 1. The first-order valence-electron chi connectivity index (χ1n) is 9.84. The number of fused-ring (bicyclic) bond motifs is 2. The summed E-state index contributed by atoms with van der Waals surface area (Å²) < 4.78 is 0. The average molecular weight is 437 g/mol. The van der Waals surface area contributed by atoms with Crippen LogP contribution in [0.2, 0.25) is 0 Å². The fraction of sp³-hybridized carbons (Fsp3) is 0.167. The van der Waals surface area contributed by atoms with E-state index < -0.39 is 0 Å². The number of hydrogen-bond donors (Lipinski definition) is 5. The first-order chi connectivity index (χ1) is 14.9. The number of ketones is 2. The maximum absolute atomic E-state index is 13.2. The molecular weight excluding hydrogens is 412 g/mol. The fourth-order valence-electron chi connectivity index (χ4n) is 3.44. The lowest BCUT2D eigenvalue weighted by Gasteiger charge is -2.23. The Balaban J connectivity index is 0.000000858. The summed E-state index contributed by atoms with van der Waals surface area (Å²) in [5.74, 6) is -0.524. The second-order valence-electron chi connectivity index (χ2n) is 6.92. The van der Waals surface area contributed by atoms with Gasteiger partial charge in [-0.15, -0.1) is 12.6 Å². The lowest BCUT2D eigenvalue weighted by molar-refractivity contribution is 0.0980. The van der Waals surface area contributed by atoms with Crippen molar-refractivity contribution in [3.63, 3.8) is 0 Å². The van der Waals surface area contributed by atoms with E-state index in [1.165, 1.54) is 0 Å². The molecule has 0 aromatic heterocycles. The van der Waals surface area contributed by atoms with Crippen molar-refractivity contribution in [3.8, 4) is 0 Å². The molecule has 0 fully saturated rings. The Labute approximate surface area is 186 Å². The largest absolute Gasteiger partial charge is 0.397 e. The Morgan fingerprint density at radius 1 is 0.935 bits per heavy atom. The van der Waals surface area contributed by atoms with Gasteiger partial charge >= 0.3 is 0 Å². The summed E-state index contributed by atoms with van der Waals surface area (Å²) in [5, 5.41) is 19.8. The van der Waals surface area contributed by atoms with Gasteiger partial charge in [0.2, 0.25) is 0 Å². The zero-order valence-corrected chi connectivity index (χ0v) is 17.9. The third kappa shape index (κ3) is 4.49. The van der Waals surface area contributed by atoms with Crippen LogP contribution >= 0.6 is 12.6 Å². The van der Waals surface area contributed by atoms with Crippen molar-refractivity contribution in [2.24, 2.45) is 0 Å². The topological polar surface area (TPSA) is 113 Å². The Bertz CT molecular complexity index is 1130. The summed E-state index contributed by atoms with van der Waals surface area (Å²) in [6.07, 6.45) is 0.572. The molecular formula is C24H24N2O4S. The third-order valence-electron chi connectivity index (χ3n) is 4.85. The lowest BCUT2D eigenvalue weighted by atomic mass is 9.82. The number of carbonyl (C=O) groups is 2. The van der Waals surface area contributed by atoms with Gasteiger partial charge in [0.25, 0.3) is 0 Å². The minimum atomic E-state index is -0.278. The molecule has 0 heterocycles. The van der Waals surface area contributed by atoms with E-state index in [9.17, 15) is 9.59 Å². The normalized spacial score (nSPS) is 11.9. The van der Waals surface area contributed by atoms with Crippen LogP contribution in [-0.4, -0.2) is 35.0 Å². The number of rotatable bonds is 4. The average Bonchev–Trinajstić information content (AvgIpc) is 2.76. The van der Waals surface area contributed by atoms with Crippen molar-refractivity contribution in [2.45, 2.75) is 18.2 Å². The third-order valence-corrected chi connectivity index (χ3v) is 5.22. The summed E-state index contributed by atoms with van der Waals surface area (Å²) >= 11 is 4.40. The number of hydrogen-bond acceptors (Lipinski definition) is 7. The van der Waals surface area contributed by atoms with Gasteiger partial charge in [-0.2, -0.15) is 0 Å². The summed E-state index contributed by atoms with van der Waals surface area (Å²) in [6.45, 7) is 2.01. The number of aliphatic hydroxyl groups excluding tert-OH is 2. The van der Waals surface area contributed by atoms with Gasteiger partial charge in [0.1, 0.15) is 0 Å². The molecule has 3 aromatic rings. The molecule has 0 unspecified atom stereocenters. The first kappa shape index (κ1) is 22.6. The highest BCUT2D eigenvalue weighted by molar-refractivity contribution is 7.80. The number of anilines is 3. The van der Waals surface area contributed by atoms with Crippen molar-refractivity contribution in [3.05, 3.63) is 82.4 Å². The van der Waals surface area contributed by atoms with E-state index in [0.717, 1.165) is 11.3 Å². The van der Waals surface area contributed by atoms with Crippen LogP contribution in [0, 0.1) is 0 Å². The Hall–Kier alpha value is -3.13. The van der Waals surface area contributed by atoms with Crippen LogP contribution < -0.4 is 11.1 Å². The van der Waals surface area contributed by atoms with Gasteiger partial charge in [-0.05, 0) is 37.1 Å². The van der Waals surface area contributed by atoms with Gasteiger partial charge < -0.3 is 21.3 Å². The molecule has 0 amide bonds. The van der Waals surface area contributed by atoms with Crippen LogP contribution in [0.1, 0.15) is 44.3 Å². The first-order valence-corrected chi connectivity index (χ1v) is 10.3. The van der Waals surface area contributed by atoms with E-state index in [1.807, 2.05) is 24.3 Å². The van der Waals surface area contributed by atoms with Crippen molar-refractivity contribution < 1.29 is 19.8 Å². The van der Waals surface area contributed by atoms with Gasteiger partial charge in [-0.3, -0.25) is 9.59 Å². The standard InChI is InChI=1S/C22H18N2O3S.C2H6O/c23-20-17(28)11-16(24-13-7-5-12(6-8-13)9-10-25)18-19(20)22(27)15-4-2-1-3-14(15)21(18)26;1-2-3/h1-8,11,24-25,28H,9-10,23H2;3H,2H2,1H3. The zero-order chi connectivity index (χ0) is 22.5. The smallest absolute Gasteiger partial charge is 0.196 e. The summed E-state index contributed by atoms with van der Waals surface area (Å²) in [5.41, 5.74) is 9.74. The lowest BCUT2D eigenvalue weighted by Crippen LogP contribution is -2.24. The molecule has 4 rings (SSSR count). The van der Waals surface area contributed by atoms with Gasteiger partial charge in [0, 0.05) is 34.9 Å². The van der Waals surface area contributed by atoms with Crippen LogP contribution in [-0.2, 0) is 6.42 Å². The molecule has 160 valence electrons. The van der Waals surface area contributed by atoms with Gasteiger partial charge in [-0.1, -0.05) is 36.4 Å².